The van der Waals surface area contributed by atoms with Crippen LogP contribution >= 0.6 is 0 Å². The fourth-order valence-corrected chi connectivity index (χ4v) is 1.00. The van der Waals surface area contributed by atoms with Gasteiger partial charge in [0.25, 0.3) is 0 Å². The minimum absolute atomic E-state index is 0.0861. The second-order valence-electron chi connectivity index (χ2n) is 2.54. The molecule has 0 aromatic heterocycles. The van der Waals surface area contributed by atoms with Crippen LogP contribution in [0.5, 0.6) is 5.75 Å². The standard InChI is InChI=1S/C8H6N2O5/c1-15-8(12)4-2-5(9-13)7(10-14)6(11)3-4/h2-3,11H,1H3. The predicted molar refractivity (Wildman–Crippen MR) is 50.4 cm³/mol. The molecule has 0 atom stereocenters. The van der Waals surface area contributed by atoms with E-state index in [9.17, 15) is 19.7 Å². The van der Waals surface area contributed by atoms with Gasteiger partial charge in [0.05, 0.1) is 12.7 Å². The SMILES string of the molecule is COC(=O)c1cc(O)c(N=O)c(N=O)c1. The molecule has 0 saturated carbocycles. The Morgan fingerprint density at radius 3 is 2.47 bits per heavy atom. The number of carbonyl (C=O) groups is 1. The molecule has 7 nitrogen and oxygen atoms in total. The fraction of sp³-hybridized carbons (Fsp3) is 0.125. The molecule has 1 rings (SSSR count). The van der Waals surface area contributed by atoms with Crippen LogP contribution in [0.3, 0.4) is 0 Å². The minimum atomic E-state index is -0.757. The van der Waals surface area contributed by atoms with Crippen molar-refractivity contribution >= 4 is 17.3 Å². The molecule has 0 fully saturated rings. The summed E-state index contributed by atoms with van der Waals surface area (Å²) < 4.78 is 4.36. The molecule has 15 heavy (non-hydrogen) atoms. The van der Waals surface area contributed by atoms with Crippen molar-refractivity contribution in [1.82, 2.24) is 0 Å². The van der Waals surface area contributed by atoms with Gasteiger partial charge in [0.2, 0.25) is 0 Å². The lowest BCUT2D eigenvalue weighted by atomic mass is 10.1. The molecule has 0 amide bonds. The number of carbonyl (C=O) groups excluding carboxylic acids is 1. The smallest absolute Gasteiger partial charge is 0.338 e. The second-order valence-corrected chi connectivity index (χ2v) is 2.54. The molecule has 0 aliphatic heterocycles. The van der Waals surface area contributed by atoms with E-state index >= 15 is 0 Å². The van der Waals surface area contributed by atoms with E-state index in [4.69, 9.17) is 0 Å². The van der Waals surface area contributed by atoms with Crippen LogP contribution in [0.15, 0.2) is 22.5 Å². The van der Waals surface area contributed by atoms with E-state index in [1.807, 2.05) is 0 Å². The average molecular weight is 210 g/mol. The first-order chi connectivity index (χ1) is 7.13. The highest BCUT2D eigenvalue weighted by Crippen LogP contribution is 2.37. The molecule has 0 bridgehead atoms. The number of phenols is 1. The summed E-state index contributed by atoms with van der Waals surface area (Å²) in [5, 5.41) is 14.1. The molecular formula is C8H6N2O5. The van der Waals surface area contributed by atoms with Gasteiger partial charge in [-0.3, -0.25) is 0 Å². The van der Waals surface area contributed by atoms with E-state index in [2.05, 4.69) is 15.1 Å². The van der Waals surface area contributed by atoms with Crippen molar-refractivity contribution < 1.29 is 14.6 Å². The maximum Gasteiger partial charge on any atom is 0.338 e. The van der Waals surface area contributed by atoms with E-state index in [0.717, 1.165) is 19.2 Å². The Morgan fingerprint density at radius 2 is 2.00 bits per heavy atom. The summed E-state index contributed by atoms with van der Waals surface area (Å²) in [6, 6.07) is 1.98. The van der Waals surface area contributed by atoms with Crippen molar-refractivity contribution in [1.29, 1.82) is 0 Å². The van der Waals surface area contributed by atoms with Gasteiger partial charge in [0, 0.05) is 0 Å². The van der Waals surface area contributed by atoms with Gasteiger partial charge in [0.15, 0.2) is 5.69 Å². The lowest BCUT2D eigenvalue weighted by molar-refractivity contribution is 0.0600. The van der Waals surface area contributed by atoms with Gasteiger partial charge in [-0.25, -0.2) is 4.79 Å². The zero-order valence-electron chi connectivity index (χ0n) is 7.63. The van der Waals surface area contributed by atoms with Gasteiger partial charge >= 0.3 is 5.97 Å². The first-order valence-corrected chi connectivity index (χ1v) is 3.76. The molecule has 1 aromatic rings. The maximum atomic E-state index is 11.0. The van der Waals surface area contributed by atoms with E-state index < -0.39 is 23.1 Å². The van der Waals surface area contributed by atoms with E-state index in [1.54, 1.807) is 0 Å². The number of benzene rings is 1. The molecule has 0 unspecified atom stereocenters. The molecule has 0 spiro atoms. The average Bonchev–Trinajstić information content (AvgIpc) is 2.26. The van der Waals surface area contributed by atoms with E-state index in [-0.39, 0.29) is 5.56 Å². The highest BCUT2D eigenvalue weighted by molar-refractivity contribution is 5.92. The molecule has 7 heteroatoms. The quantitative estimate of drug-likeness (QED) is 0.606. The number of esters is 1. The van der Waals surface area contributed by atoms with Gasteiger partial charge in [-0.1, -0.05) is 0 Å². The van der Waals surface area contributed by atoms with Crippen molar-refractivity contribution in [3.05, 3.63) is 27.5 Å². The number of hydrogen-bond donors (Lipinski definition) is 1. The van der Waals surface area contributed by atoms with Crippen LogP contribution in [-0.4, -0.2) is 18.2 Å². The number of methoxy groups -OCH3 is 1. The van der Waals surface area contributed by atoms with Crippen LogP contribution < -0.4 is 0 Å². The summed E-state index contributed by atoms with van der Waals surface area (Å²) in [5.74, 6) is -1.35. The number of rotatable bonds is 3. The van der Waals surface area contributed by atoms with Crippen molar-refractivity contribution in [2.45, 2.75) is 0 Å². The zero-order valence-corrected chi connectivity index (χ0v) is 7.63. The van der Waals surface area contributed by atoms with Crippen molar-refractivity contribution in [3.8, 4) is 5.75 Å². The molecule has 0 aliphatic carbocycles. The lowest BCUT2D eigenvalue weighted by Gasteiger charge is -2.02. The highest BCUT2D eigenvalue weighted by atomic mass is 16.5. The Hall–Kier alpha value is -2.31. The van der Waals surface area contributed by atoms with Crippen molar-refractivity contribution in [2.75, 3.05) is 7.11 Å². The normalized spacial score (nSPS) is 9.40. The Morgan fingerprint density at radius 1 is 1.33 bits per heavy atom. The second kappa shape index (κ2) is 4.27. The van der Waals surface area contributed by atoms with Crippen LogP contribution in [0.25, 0.3) is 0 Å². The number of phenolic OH excluding ortho intramolecular Hbond substituents is 1. The van der Waals surface area contributed by atoms with Gasteiger partial charge in [-0.2, -0.15) is 0 Å². The summed E-state index contributed by atoms with van der Waals surface area (Å²) in [4.78, 5) is 31.6. The molecule has 0 aliphatic rings. The topological polar surface area (TPSA) is 105 Å². The van der Waals surface area contributed by atoms with Gasteiger partial charge in [-0.15, -0.1) is 9.81 Å². The van der Waals surface area contributed by atoms with Crippen LogP contribution in [0.2, 0.25) is 0 Å². The number of hydrogen-bond acceptors (Lipinski definition) is 7. The molecule has 1 N–H and O–H groups in total. The third kappa shape index (κ3) is 1.96. The van der Waals surface area contributed by atoms with Crippen LogP contribution in [0.1, 0.15) is 10.4 Å². The Kier molecular flexibility index (Phi) is 3.06. The first-order valence-electron chi connectivity index (χ1n) is 3.76. The van der Waals surface area contributed by atoms with Crippen LogP contribution in [0, 0.1) is 9.81 Å². The van der Waals surface area contributed by atoms with Gasteiger partial charge in [0.1, 0.15) is 11.4 Å². The monoisotopic (exact) mass is 210 g/mol. The molecule has 0 saturated heterocycles. The third-order valence-corrected chi connectivity index (χ3v) is 1.68. The molecule has 1 aromatic carbocycles. The highest BCUT2D eigenvalue weighted by Gasteiger charge is 2.16. The number of ether oxygens (including phenoxy) is 1. The van der Waals surface area contributed by atoms with Crippen LogP contribution in [-0.2, 0) is 4.74 Å². The minimum Gasteiger partial charge on any atom is -0.505 e. The molecular weight excluding hydrogens is 204 g/mol. The fourth-order valence-electron chi connectivity index (χ4n) is 1.00. The summed E-state index contributed by atoms with van der Waals surface area (Å²) in [7, 11) is 1.14. The van der Waals surface area contributed by atoms with E-state index in [0.29, 0.717) is 0 Å². The Bertz CT molecular complexity index is 429. The zero-order chi connectivity index (χ0) is 11.4. The Labute approximate surface area is 83.6 Å². The number of aromatic hydroxyl groups is 1. The molecule has 78 valence electrons. The van der Waals surface area contributed by atoms with E-state index in [1.165, 1.54) is 0 Å². The lowest BCUT2D eigenvalue weighted by Crippen LogP contribution is -2.00. The first kappa shape index (κ1) is 10.8. The van der Waals surface area contributed by atoms with Crippen molar-refractivity contribution in [3.63, 3.8) is 0 Å². The predicted octanol–water partition coefficient (Wildman–Crippen LogP) is 1.97. The summed E-state index contributed by atoms with van der Waals surface area (Å²) in [6.07, 6.45) is 0. The summed E-state index contributed by atoms with van der Waals surface area (Å²) in [5.41, 5.74) is -1.000. The number of nitroso groups, excluding NO2 is 2. The summed E-state index contributed by atoms with van der Waals surface area (Å²) >= 11 is 0. The molecule has 0 radical (unpaired) electrons. The van der Waals surface area contributed by atoms with Gasteiger partial charge in [-0.05, 0) is 22.5 Å². The largest absolute Gasteiger partial charge is 0.505 e. The maximum absolute atomic E-state index is 11.0. The van der Waals surface area contributed by atoms with Gasteiger partial charge < -0.3 is 9.84 Å². The Balaban J connectivity index is 3.37. The van der Waals surface area contributed by atoms with Crippen molar-refractivity contribution in [2.24, 2.45) is 10.4 Å². The number of nitrogens with zero attached hydrogens (tertiary/aromatic N) is 2. The molecule has 0 heterocycles. The summed E-state index contributed by atoms with van der Waals surface area (Å²) in [6.45, 7) is 0. The van der Waals surface area contributed by atoms with Crippen LogP contribution in [0.4, 0.5) is 11.4 Å². The third-order valence-electron chi connectivity index (χ3n) is 1.68.